The van der Waals surface area contributed by atoms with Crippen LogP contribution in [-0.2, 0) is 13.5 Å². The zero-order chi connectivity index (χ0) is 10.5. The summed E-state index contributed by atoms with van der Waals surface area (Å²) in [5.74, 6) is 0.922. The molecule has 0 saturated heterocycles. The number of aromatic nitrogens is 2. The lowest BCUT2D eigenvalue weighted by atomic mass is 10.1. The zero-order valence-electron chi connectivity index (χ0n) is 8.85. The molecular weight excluding hydrogens is 186 g/mol. The second kappa shape index (κ2) is 4.64. The quantitative estimate of drug-likeness (QED) is 0.820. The monoisotopic (exact) mass is 201 g/mol. The molecule has 0 unspecified atom stereocenters. The van der Waals surface area contributed by atoms with Crippen LogP contribution in [0.5, 0.6) is 0 Å². The zero-order valence-corrected chi connectivity index (χ0v) is 8.85. The highest BCUT2D eigenvalue weighted by Gasteiger charge is 1.96. The van der Waals surface area contributed by atoms with Crippen LogP contribution in [0, 0.1) is 0 Å². The molecule has 2 aromatic rings. The molecule has 0 spiro atoms. The van der Waals surface area contributed by atoms with Crippen LogP contribution in [-0.4, -0.2) is 16.1 Å². The minimum Gasteiger partial charge on any atom is -0.355 e. The molecule has 0 aliphatic rings. The first-order valence-electron chi connectivity index (χ1n) is 5.11. The number of hydrogen-bond acceptors (Lipinski definition) is 2. The van der Waals surface area contributed by atoms with Gasteiger partial charge in [0.2, 0.25) is 5.95 Å². The molecule has 15 heavy (non-hydrogen) atoms. The Balaban J connectivity index is 1.83. The molecule has 1 aromatic carbocycles. The first kappa shape index (κ1) is 9.77. The van der Waals surface area contributed by atoms with Crippen molar-refractivity contribution in [1.82, 2.24) is 9.55 Å². The Morgan fingerprint density at radius 1 is 1.27 bits per heavy atom. The van der Waals surface area contributed by atoms with Gasteiger partial charge in [0.05, 0.1) is 0 Å². The number of rotatable bonds is 4. The van der Waals surface area contributed by atoms with E-state index in [0.29, 0.717) is 0 Å². The fourth-order valence-electron chi connectivity index (χ4n) is 1.50. The van der Waals surface area contributed by atoms with E-state index in [9.17, 15) is 0 Å². The Kier molecular flexibility index (Phi) is 3.02. The highest BCUT2D eigenvalue weighted by Crippen LogP contribution is 2.03. The summed E-state index contributed by atoms with van der Waals surface area (Å²) in [5, 5.41) is 3.29. The number of hydrogen-bond donors (Lipinski definition) is 1. The lowest BCUT2D eigenvalue weighted by molar-refractivity contribution is 0.889. The molecule has 0 bridgehead atoms. The van der Waals surface area contributed by atoms with Gasteiger partial charge in [-0.05, 0) is 12.0 Å². The van der Waals surface area contributed by atoms with Gasteiger partial charge in [-0.1, -0.05) is 30.3 Å². The Morgan fingerprint density at radius 2 is 2.07 bits per heavy atom. The Labute approximate surface area is 89.8 Å². The van der Waals surface area contributed by atoms with Gasteiger partial charge in [0, 0.05) is 26.0 Å². The van der Waals surface area contributed by atoms with Gasteiger partial charge in [-0.2, -0.15) is 0 Å². The molecule has 0 aliphatic heterocycles. The molecule has 0 atom stereocenters. The minimum absolute atomic E-state index is 0.912. The van der Waals surface area contributed by atoms with Gasteiger partial charge < -0.3 is 9.88 Å². The molecule has 3 nitrogen and oxygen atoms in total. The van der Waals surface area contributed by atoms with Crippen LogP contribution in [0.1, 0.15) is 5.56 Å². The molecule has 0 amide bonds. The van der Waals surface area contributed by atoms with Crippen LogP contribution in [0.25, 0.3) is 0 Å². The largest absolute Gasteiger partial charge is 0.355 e. The van der Waals surface area contributed by atoms with E-state index in [4.69, 9.17) is 0 Å². The average Bonchev–Trinajstić information content (AvgIpc) is 2.66. The van der Waals surface area contributed by atoms with E-state index in [-0.39, 0.29) is 0 Å². The molecule has 0 radical (unpaired) electrons. The standard InChI is InChI=1S/C12H15N3/c1-15-10-9-14-12(15)13-8-7-11-5-3-2-4-6-11/h2-6,9-10H,7-8H2,1H3,(H,13,14). The third kappa shape index (κ3) is 2.59. The topological polar surface area (TPSA) is 29.9 Å². The van der Waals surface area contributed by atoms with Crippen molar-refractivity contribution in [1.29, 1.82) is 0 Å². The minimum atomic E-state index is 0.912. The van der Waals surface area contributed by atoms with Crippen molar-refractivity contribution in [3.63, 3.8) is 0 Å². The van der Waals surface area contributed by atoms with Gasteiger partial charge >= 0.3 is 0 Å². The SMILES string of the molecule is Cn1ccnc1NCCc1ccccc1. The van der Waals surface area contributed by atoms with E-state index in [1.807, 2.05) is 23.9 Å². The van der Waals surface area contributed by atoms with Crippen LogP contribution in [0.2, 0.25) is 0 Å². The number of anilines is 1. The fourth-order valence-corrected chi connectivity index (χ4v) is 1.50. The predicted octanol–water partition coefficient (Wildman–Crippen LogP) is 2.07. The van der Waals surface area contributed by atoms with Crippen molar-refractivity contribution in [2.24, 2.45) is 7.05 Å². The fraction of sp³-hybridized carbons (Fsp3) is 0.250. The lowest BCUT2D eigenvalue weighted by Crippen LogP contribution is -2.08. The predicted molar refractivity (Wildman–Crippen MR) is 61.8 cm³/mol. The van der Waals surface area contributed by atoms with Gasteiger partial charge in [-0.3, -0.25) is 0 Å². The van der Waals surface area contributed by atoms with E-state index in [1.165, 1.54) is 5.56 Å². The normalized spacial score (nSPS) is 10.2. The van der Waals surface area contributed by atoms with Gasteiger partial charge in [0.1, 0.15) is 0 Å². The average molecular weight is 201 g/mol. The van der Waals surface area contributed by atoms with Crippen LogP contribution in [0.4, 0.5) is 5.95 Å². The third-order valence-corrected chi connectivity index (χ3v) is 2.36. The number of aryl methyl sites for hydroxylation is 1. The van der Waals surface area contributed by atoms with Crippen molar-refractivity contribution >= 4 is 5.95 Å². The van der Waals surface area contributed by atoms with Crippen LogP contribution < -0.4 is 5.32 Å². The van der Waals surface area contributed by atoms with E-state index >= 15 is 0 Å². The van der Waals surface area contributed by atoms with Gasteiger partial charge in [-0.15, -0.1) is 0 Å². The van der Waals surface area contributed by atoms with Crippen molar-refractivity contribution in [3.8, 4) is 0 Å². The molecule has 0 saturated carbocycles. The number of imidazole rings is 1. The van der Waals surface area contributed by atoms with E-state index in [1.54, 1.807) is 6.20 Å². The number of nitrogens with zero attached hydrogens (tertiary/aromatic N) is 2. The molecule has 1 N–H and O–H groups in total. The molecule has 1 heterocycles. The Bertz CT molecular complexity index is 406. The third-order valence-electron chi connectivity index (χ3n) is 2.36. The summed E-state index contributed by atoms with van der Waals surface area (Å²) in [6, 6.07) is 10.4. The highest BCUT2D eigenvalue weighted by molar-refractivity contribution is 5.26. The van der Waals surface area contributed by atoms with E-state index < -0.39 is 0 Å². The molecule has 0 aliphatic carbocycles. The summed E-state index contributed by atoms with van der Waals surface area (Å²) >= 11 is 0. The van der Waals surface area contributed by atoms with Crippen LogP contribution >= 0.6 is 0 Å². The molecule has 2 rings (SSSR count). The van der Waals surface area contributed by atoms with Crippen molar-refractivity contribution in [2.45, 2.75) is 6.42 Å². The van der Waals surface area contributed by atoms with Crippen molar-refractivity contribution < 1.29 is 0 Å². The van der Waals surface area contributed by atoms with E-state index in [2.05, 4.69) is 34.6 Å². The maximum Gasteiger partial charge on any atom is 0.202 e. The van der Waals surface area contributed by atoms with Gasteiger partial charge in [0.15, 0.2) is 0 Å². The smallest absolute Gasteiger partial charge is 0.202 e. The molecule has 1 aromatic heterocycles. The van der Waals surface area contributed by atoms with E-state index in [0.717, 1.165) is 18.9 Å². The van der Waals surface area contributed by atoms with Gasteiger partial charge in [0.25, 0.3) is 0 Å². The first-order valence-corrected chi connectivity index (χ1v) is 5.11. The van der Waals surface area contributed by atoms with Crippen molar-refractivity contribution in [3.05, 3.63) is 48.3 Å². The maximum atomic E-state index is 4.20. The second-order valence-electron chi connectivity index (χ2n) is 3.52. The summed E-state index contributed by atoms with van der Waals surface area (Å²) < 4.78 is 1.98. The number of benzene rings is 1. The second-order valence-corrected chi connectivity index (χ2v) is 3.52. The lowest BCUT2D eigenvalue weighted by Gasteiger charge is -2.05. The Hall–Kier alpha value is -1.77. The highest BCUT2D eigenvalue weighted by atomic mass is 15.2. The molecule has 0 fully saturated rings. The summed E-state index contributed by atoms with van der Waals surface area (Å²) in [7, 11) is 1.98. The summed E-state index contributed by atoms with van der Waals surface area (Å²) in [6.07, 6.45) is 4.75. The van der Waals surface area contributed by atoms with Crippen molar-refractivity contribution in [2.75, 3.05) is 11.9 Å². The summed E-state index contributed by atoms with van der Waals surface area (Å²) in [6.45, 7) is 0.912. The van der Waals surface area contributed by atoms with Gasteiger partial charge in [-0.25, -0.2) is 4.98 Å². The first-order chi connectivity index (χ1) is 7.36. The molecule has 3 heteroatoms. The summed E-state index contributed by atoms with van der Waals surface area (Å²) in [5.41, 5.74) is 1.35. The number of nitrogens with one attached hydrogen (secondary N) is 1. The summed E-state index contributed by atoms with van der Waals surface area (Å²) in [4.78, 5) is 4.20. The van der Waals surface area contributed by atoms with Crippen LogP contribution in [0.15, 0.2) is 42.7 Å². The molecular formula is C12H15N3. The maximum absolute atomic E-state index is 4.20. The molecule has 78 valence electrons. The van der Waals surface area contributed by atoms with Crippen LogP contribution in [0.3, 0.4) is 0 Å². The Morgan fingerprint density at radius 3 is 2.73 bits per heavy atom.